The fourth-order valence-corrected chi connectivity index (χ4v) is 3.31. The summed E-state index contributed by atoms with van der Waals surface area (Å²) in [6.45, 7) is 3.94. The van der Waals surface area contributed by atoms with E-state index in [2.05, 4.69) is 34.5 Å². The Labute approximate surface area is 142 Å². The number of rotatable bonds is 6. The van der Waals surface area contributed by atoms with E-state index in [-0.39, 0.29) is 0 Å². The van der Waals surface area contributed by atoms with Crippen molar-refractivity contribution in [1.82, 2.24) is 10.2 Å². The minimum Gasteiger partial charge on any atom is -0.314 e. The number of likely N-dealkylation sites (tertiary alicyclic amines) is 1. The molecule has 1 saturated heterocycles. The highest BCUT2D eigenvalue weighted by molar-refractivity contribution is 5.18. The second-order valence-corrected chi connectivity index (χ2v) is 6.52. The molecule has 2 nitrogen and oxygen atoms in total. The van der Waals surface area contributed by atoms with E-state index >= 15 is 0 Å². The van der Waals surface area contributed by atoms with Crippen LogP contribution in [0.5, 0.6) is 0 Å². The maximum absolute atomic E-state index is 13.2. The van der Waals surface area contributed by atoms with Crippen LogP contribution in [0.2, 0.25) is 0 Å². The smallest absolute Gasteiger partial charge is 0.126 e. The highest BCUT2D eigenvalue weighted by Crippen LogP contribution is 2.14. The normalized spacial score (nSPS) is 16.4. The van der Waals surface area contributed by atoms with Gasteiger partial charge in [-0.1, -0.05) is 30.3 Å². The van der Waals surface area contributed by atoms with E-state index in [0.29, 0.717) is 18.0 Å². The van der Waals surface area contributed by atoms with Crippen LogP contribution in [0.1, 0.15) is 24.0 Å². The van der Waals surface area contributed by atoms with Gasteiger partial charge in [0.15, 0.2) is 0 Å². The third-order valence-electron chi connectivity index (χ3n) is 4.61. The summed E-state index contributed by atoms with van der Waals surface area (Å²) in [6, 6.07) is 14.8. The lowest BCUT2D eigenvalue weighted by Gasteiger charge is -2.32. The van der Waals surface area contributed by atoms with Crippen molar-refractivity contribution < 1.29 is 8.78 Å². The van der Waals surface area contributed by atoms with Gasteiger partial charge in [0.2, 0.25) is 0 Å². The van der Waals surface area contributed by atoms with Gasteiger partial charge >= 0.3 is 0 Å². The molecular formula is C20H24F2N2. The van der Waals surface area contributed by atoms with Gasteiger partial charge in [-0.3, -0.25) is 4.90 Å². The van der Waals surface area contributed by atoms with E-state index in [9.17, 15) is 8.78 Å². The minimum absolute atomic E-state index is 0.496. The Bertz CT molecular complexity index is 617. The molecule has 2 aromatic carbocycles. The molecule has 1 fully saturated rings. The van der Waals surface area contributed by atoms with Crippen LogP contribution in [0.4, 0.5) is 8.78 Å². The minimum atomic E-state index is -0.501. The van der Waals surface area contributed by atoms with E-state index in [1.165, 1.54) is 17.7 Å². The van der Waals surface area contributed by atoms with Crippen molar-refractivity contribution in [3.63, 3.8) is 0 Å². The van der Waals surface area contributed by atoms with Crippen LogP contribution in [0, 0.1) is 11.6 Å². The lowest BCUT2D eigenvalue weighted by Crippen LogP contribution is -2.42. The highest BCUT2D eigenvalue weighted by atomic mass is 19.1. The quantitative estimate of drug-likeness (QED) is 0.867. The highest BCUT2D eigenvalue weighted by Gasteiger charge is 2.18. The summed E-state index contributed by atoms with van der Waals surface area (Å²) in [4.78, 5) is 2.48. The second-order valence-electron chi connectivity index (χ2n) is 6.52. The molecule has 4 heteroatoms. The lowest BCUT2D eigenvalue weighted by atomic mass is 10.0. The number of hydrogen-bond acceptors (Lipinski definition) is 2. The zero-order chi connectivity index (χ0) is 16.8. The number of benzene rings is 2. The Balaban J connectivity index is 1.38. The van der Waals surface area contributed by atoms with E-state index in [0.717, 1.165) is 45.1 Å². The van der Waals surface area contributed by atoms with Crippen LogP contribution < -0.4 is 5.32 Å². The average Bonchev–Trinajstić information content (AvgIpc) is 2.57. The molecule has 1 aliphatic rings. The van der Waals surface area contributed by atoms with Crippen LogP contribution in [-0.2, 0) is 13.0 Å². The molecule has 1 heterocycles. The van der Waals surface area contributed by atoms with E-state index < -0.39 is 11.6 Å². The SMILES string of the molecule is Fc1cc(F)cc(CCNC2CCN(Cc3ccccc3)CC2)c1. The lowest BCUT2D eigenvalue weighted by molar-refractivity contribution is 0.191. The van der Waals surface area contributed by atoms with Gasteiger partial charge in [0.1, 0.15) is 11.6 Å². The van der Waals surface area contributed by atoms with Gasteiger partial charge in [0, 0.05) is 18.7 Å². The Morgan fingerprint density at radius 2 is 1.58 bits per heavy atom. The molecule has 0 amide bonds. The molecule has 0 unspecified atom stereocenters. The molecule has 0 spiro atoms. The number of halogens is 2. The predicted octanol–water partition coefficient (Wildman–Crippen LogP) is 3.76. The number of nitrogens with one attached hydrogen (secondary N) is 1. The Morgan fingerprint density at radius 3 is 2.25 bits per heavy atom. The molecule has 2 aromatic rings. The Kier molecular flexibility index (Phi) is 5.94. The summed E-state index contributed by atoms with van der Waals surface area (Å²) in [5.41, 5.74) is 2.07. The molecule has 0 bridgehead atoms. The summed E-state index contributed by atoms with van der Waals surface area (Å²) in [5.74, 6) is -1.00. The molecule has 1 N–H and O–H groups in total. The first-order valence-electron chi connectivity index (χ1n) is 8.64. The molecule has 0 atom stereocenters. The van der Waals surface area contributed by atoms with Gasteiger partial charge in [-0.15, -0.1) is 0 Å². The van der Waals surface area contributed by atoms with E-state index in [4.69, 9.17) is 0 Å². The summed E-state index contributed by atoms with van der Waals surface area (Å²) in [6.07, 6.45) is 2.88. The van der Waals surface area contributed by atoms with E-state index in [1.807, 2.05) is 6.07 Å². The van der Waals surface area contributed by atoms with Crippen molar-refractivity contribution in [2.45, 2.75) is 31.8 Å². The fourth-order valence-electron chi connectivity index (χ4n) is 3.31. The first-order valence-corrected chi connectivity index (χ1v) is 8.64. The predicted molar refractivity (Wildman–Crippen MR) is 92.8 cm³/mol. The summed E-state index contributed by atoms with van der Waals surface area (Å²) >= 11 is 0. The van der Waals surface area contributed by atoms with Crippen molar-refractivity contribution in [3.8, 4) is 0 Å². The molecule has 0 saturated carbocycles. The maximum Gasteiger partial charge on any atom is 0.126 e. The third-order valence-corrected chi connectivity index (χ3v) is 4.61. The third kappa shape index (κ3) is 5.11. The van der Waals surface area contributed by atoms with Gasteiger partial charge in [-0.2, -0.15) is 0 Å². The van der Waals surface area contributed by atoms with Gasteiger partial charge in [0.25, 0.3) is 0 Å². The molecule has 24 heavy (non-hydrogen) atoms. The molecule has 0 aliphatic carbocycles. The van der Waals surface area contributed by atoms with Crippen LogP contribution in [0.3, 0.4) is 0 Å². The molecule has 0 aromatic heterocycles. The second kappa shape index (κ2) is 8.36. The van der Waals surface area contributed by atoms with Gasteiger partial charge in [0.05, 0.1) is 0 Å². The Hall–Kier alpha value is -1.78. The summed E-state index contributed by atoms with van der Waals surface area (Å²) in [7, 11) is 0. The zero-order valence-corrected chi connectivity index (χ0v) is 13.8. The van der Waals surface area contributed by atoms with Crippen molar-refractivity contribution in [2.24, 2.45) is 0 Å². The van der Waals surface area contributed by atoms with Crippen LogP contribution in [0.25, 0.3) is 0 Å². The maximum atomic E-state index is 13.2. The van der Waals surface area contributed by atoms with Gasteiger partial charge in [-0.25, -0.2) is 8.78 Å². The number of piperidine rings is 1. The zero-order valence-electron chi connectivity index (χ0n) is 13.8. The summed E-state index contributed by atoms with van der Waals surface area (Å²) < 4.78 is 26.3. The number of nitrogens with zero attached hydrogens (tertiary/aromatic N) is 1. The van der Waals surface area contributed by atoms with Crippen LogP contribution in [0.15, 0.2) is 48.5 Å². The van der Waals surface area contributed by atoms with Crippen molar-refractivity contribution in [3.05, 3.63) is 71.3 Å². The van der Waals surface area contributed by atoms with Crippen molar-refractivity contribution >= 4 is 0 Å². The number of hydrogen-bond donors (Lipinski definition) is 1. The fraction of sp³-hybridized carbons (Fsp3) is 0.400. The molecule has 3 rings (SSSR count). The van der Waals surface area contributed by atoms with E-state index in [1.54, 1.807) is 0 Å². The van der Waals surface area contributed by atoms with Crippen molar-refractivity contribution in [2.75, 3.05) is 19.6 Å². The first kappa shape index (κ1) is 17.1. The van der Waals surface area contributed by atoms with Crippen LogP contribution >= 0.6 is 0 Å². The monoisotopic (exact) mass is 330 g/mol. The molecule has 0 radical (unpaired) electrons. The van der Waals surface area contributed by atoms with Crippen LogP contribution in [-0.4, -0.2) is 30.6 Å². The van der Waals surface area contributed by atoms with Crippen molar-refractivity contribution in [1.29, 1.82) is 0 Å². The molecular weight excluding hydrogens is 306 g/mol. The van der Waals surface area contributed by atoms with Gasteiger partial charge < -0.3 is 5.32 Å². The largest absolute Gasteiger partial charge is 0.314 e. The first-order chi connectivity index (χ1) is 11.7. The standard InChI is InChI=1S/C20H24F2N2/c21-18-12-17(13-19(22)14-18)6-9-23-20-7-10-24(11-8-20)15-16-4-2-1-3-5-16/h1-5,12-14,20,23H,6-11,15H2. The summed E-state index contributed by atoms with van der Waals surface area (Å²) in [5, 5.41) is 3.52. The Morgan fingerprint density at radius 1 is 0.917 bits per heavy atom. The average molecular weight is 330 g/mol. The molecule has 1 aliphatic heterocycles. The van der Waals surface area contributed by atoms with Gasteiger partial charge in [-0.05, 0) is 62.2 Å². The topological polar surface area (TPSA) is 15.3 Å². The molecule has 128 valence electrons.